The zero-order valence-corrected chi connectivity index (χ0v) is 33.7. The highest BCUT2D eigenvalue weighted by molar-refractivity contribution is 5.84. The molecule has 0 spiro atoms. The van der Waals surface area contributed by atoms with E-state index in [9.17, 15) is 33.9 Å². The fourth-order valence-corrected chi connectivity index (χ4v) is 5.67. The largest absolute Gasteiger partial charge is 0.481 e. The summed E-state index contributed by atoms with van der Waals surface area (Å²) in [5.41, 5.74) is 0. The van der Waals surface area contributed by atoms with Crippen LogP contribution in [-0.4, -0.2) is 118 Å². The Hall–Kier alpha value is -3.14. The van der Waals surface area contributed by atoms with Crippen molar-refractivity contribution >= 4 is 35.4 Å². The highest BCUT2D eigenvalue weighted by Gasteiger charge is 2.20. The van der Waals surface area contributed by atoms with Crippen molar-refractivity contribution in [1.82, 2.24) is 16.0 Å². The van der Waals surface area contributed by atoms with Crippen molar-refractivity contribution < 1.29 is 57.9 Å². The van der Waals surface area contributed by atoms with E-state index in [4.69, 9.17) is 24.1 Å². The molecular weight excluding hydrogens is 714 g/mol. The highest BCUT2D eigenvalue weighted by atomic mass is 16.5. The number of hydrogen-bond acceptors (Lipinski definition) is 10. The number of ketones is 1. The maximum absolute atomic E-state index is 12.3. The molecule has 0 bridgehead atoms. The maximum Gasteiger partial charge on any atom is 0.326 e. The third-order valence-corrected chi connectivity index (χ3v) is 8.76. The zero-order valence-electron chi connectivity index (χ0n) is 33.7. The average Bonchev–Trinajstić information content (AvgIpc) is 3.14. The maximum atomic E-state index is 12.3. The smallest absolute Gasteiger partial charge is 0.326 e. The number of carboxylic acids is 2. The van der Waals surface area contributed by atoms with E-state index in [-0.39, 0.29) is 82.3 Å². The van der Waals surface area contributed by atoms with Crippen LogP contribution in [-0.2, 0) is 47.7 Å². The van der Waals surface area contributed by atoms with Crippen molar-refractivity contribution in [3.8, 4) is 0 Å². The van der Waals surface area contributed by atoms with Crippen LogP contribution in [0.5, 0.6) is 0 Å². The summed E-state index contributed by atoms with van der Waals surface area (Å²) in [7, 11) is 0. The van der Waals surface area contributed by atoms with Crippen molar-refractivity contribution in [1.29, 1.82) is 0 Å². The summed E-state index contributed by atoms with van der Waals surface area (Å²) >= 11 is 0. The number of Topliss-reactive ketones (excluding diaryl/α,β-unsaturated/α-hetero) is 1. The van der Waals surface area contributed by atoms with Gasteiger partial charge in [0.05, 0.1) is 39.6 Å². The minimum Gasteiger partial charge on any atom is -0.481 e. The van der Waals surface area contributed by atoms with Gasteiger partial charge in [-0.15, -0.1) is 0 Å². The van der Waals surface area contributed by atoms with Crippen LogP contribution in [0.15, 0.2) is 0 Å². The Morgan fingerprint density at radius 1 is 0.455 bits per heavy atom. The molecule has 0 aromatic heterocycles. The normalized spacial score (nSPS) is 11.6. The Morgan fingerprint density at radius 2 is 0.855 bits per heavy atom. The van der Waals surface area contributed by atoms with Crippen molar-refractivity contribution in [3.63, 3.8) is 0 Å². The van der Waals surface area contributed by atoms with Crippen LogP contribution in [0.3, 0.4) is 0 Å². The third kappa shape index (κ3) is 40.3. The number of carboxylic acid groups (broad SMARTS) is 2. The van der Waals surface area contributed by atoms with Gasteiger partial charge in [0.1, 0.15) is 19.3 Å². The van der Waals surface area contributed by atoms with E-state index in [1.165, 1.54) is 77.6 Å². The van der Waals surface area contributed by atoms with E-state index in [1.807, 2.05) is 0 Å². The number of aliphatic carboxylic acids is 2. The van der Waals surface area contributed by atoms with E-state index in [2.05, 4.69) is 16.0 Å². The molecule has 0 radical (unpaired) electrons. The molecule has 0 saturated carbocycles. The lowest BCUT2D eigenvalue weighted by molar-refractivity contribution is -0.142. The summed E-state index contributed by atoms with van der Waals surface area (Å²) in [6.07, 6.45) is 21.3. The van der Waals surface area contributed by atoms with E-state index >= 15 is 0 Å². The molecule has 0 aromatic carbocycles. The topological polar surface area (TPSA) is 216 Å². The van der Waals surface area contributed by atoms with E-state index in [0.717, 1.165) is 38.5 Å². The number of nitrogens with one attached hydrogen (secondary N) is 3. The molecule has 1 atom stereocenters. The number of hydrogen-bond donors (Lipinski definition) is 5. The molecule has 0 aliphatic carbocycles. The van der Waals surface area contributed by atoms with Crippen LogP contribution in [0.25, 0.3) is 0 Å². The number of unbranched alkanes of at least 4 members (excludes halogenated alkanes) is 17. The molecule has 5 N–H and O–H groups in total. The van der Waals surface area contributed by atoms with Crippen molar-refractivity contribution in [2.45, 2.75) is 154 Å². The fraction of sp³-hybridized carbons (Fsp3) is 0.850. The Labute approximate surface area is 329 Å². The molecule has 15 heteroatoms. The summed E-state index contributed by atoms with van der Waals surface area (Å²) in [5.74, 6) is -2.86. The minimum absolute atomic E-state index is 0.00977. The van der Waals surface area contributed by atoms with Gasteiger partial charge in [-0.3, -0.25) is 24.0 Å². The van der Waals surface area contributed by atoms with Crippen molar-refractivity contribution in [2.75, 3.05) is 65.9 Å². The SMILES string of the molecule is CC(=O)COCCOCCNC(=O)COCCOCCNC(=O)CC[C@H](NC(=O)CCCCCCCCCCCCCCCCCCCCC(=O)O)C(=O)O. The van der Waals surface area contributed by atoms with Gasteiger partial charge in [-0.1, -0.05) is 103 Å². The number of amides is 3. The monoisotopic (exact) mass is 788 g/mol. The molecule has 0 rings (SSSR count). The second-order valence-electron chi connectivity index (χ2n) is 14.0. The van der Waals surface area contributed by atoms with Crippen LogP contribution in [0.1, 0.15) is 148 Å². The van der Waals surface area contributed by atoms with E-state index < -0.39 is 18.0 Å². The van der Waals surface area contributed by atoms with Gasteiger partial charge in [-0.05, 0) is 26.2 Å². The molecular formula is C40H73N3O12. The Morgan fingerprint density at radius 3 is 1.29 bits per heavy atom. The van der Waals surface area contributed by atoms with Crippen molar-refractivity contribution in [3.05, 3.63) is 0 Å². The second kappa shape index (κ2) is 39.1. The van der Waals surface area contributed by atoms with E-state index in [1.54, 1.807) is 0 Å². The van der Waals surface area contributed by atoms with Gasteiger partial charge in [0.25, 0.3) is 0 Å². The summed E-state index contributed by atoms with van der Waals surface area (Å²) in [6, 6.07) is -1.12. The average molecular weight is 788 g/mol. The Bertz CT molecular complexity index is 1010. The first kappa shape index (κ1) is 51.9. The molecule has 0 heterocycles. The molecule has 15 nitrogen and oxygen atoms in total. The van der Waals surface area contributed by atoms with Crippen LogP contribution < -0.4 is 16.0 Å². The number of carbonyl (C=O) groups is 6. The second-order valence-corrected chi connectivity index (χ2v) is 14.0. The number of ether oxygens (including phenoxy) is 4. The van der Waals surface area contributed by atoms with Gasteiger partial charge in [0.15, 0.2) is 5.78 Å². The molecule has 0 unspecified atom stereocenters. The molecule has 0 aliphatic rings. The summed E-state index contributed by atoms with van der Waals surface area (Å²) in [5, 5.41) is 26.0. The predicted molar refractivity (Wildman–Crippen MR) is 209 cm³/mol. The molecule has 320 valence electrons. The Kier molecular flexibility index (Phi) is 36.9. The van der Waals surface area contributed by atoms with Crippen LogP contribution >= 0.6 is 0 Å². The van der Waals surface area contributed by atoms with Gasteiger partial charge in [-0.25, -0.2) is 4.79 Å². The quantitative estimate of drug-likeness (QED) is 0.0511. The lowest BCUT2D eigenvalue weighted by Gasteiger charge is -2.14. The first-order valence-corrected chi connectivity index (χ1v) is 20.7. The fourth-order valence-electron chi connectivity index (χ4n) is 5.67. The van der Waals surface area contributed by atoms with Crippen molar-refractivity contribution in [2.24, 2.45) is 0 Å². The first-order valence-electron chi connectivity index (χ1n) is 20.7. The lowest BCUT2D eigenvalue weighted by Crippen LogP contribution is -2.41. The summed E-state index contributed by atoms with van der Waals surface area (Å²) in [4.78, 5) is 69.1. The van der Waals surface area contributed by atoms with Crippen LogP contribution in [0.4, 0.5) is 0 Å². The standard InChI is InChI=1S/C40H73N3O12/c1-34(44)32-54-30-28-53-27-25-42-38(47)33-55-31-29-52-26-24-41-36(45)23-22-35(40(50)51)43-37(46)20-18-16-14-12-10-8-6-4-2-3-5-7-9-11-13-15-17-19-21-39(48)49/h35H,2-33H2,1H3,(H,41,45)(H,42,47)(H,43,46)(H,48,49)(H,50,51)/t35-/m0/s1. The molecule has 3 amide bonds. The number of rotatable bonds is 42. The molecule has 0 saturated heterocycles. The first-order chi connectivity index (χ1) is 26.6. The van der Waals surface area contributed by atoms with Crippen LogP contribution in [0.2, 0.25) is 0 Å². The zero-order chi connectivity index (χ0) is 40.6. The number of carbonyl (C=O) groups excluding carboxylic acids is 4. The van der Waals surface area contributed by atoms with Gasteiger partial charge in [0.2, 0.25) is 17.7 Å². The van der Waals surface area contributed by atoms with Crippen LogP contribution in [0, 0.1) is 0 Å². The van der Waals surface area contributed by atoms with E-state index in [0.29, 0.717) is 39.2 Å². The molecule has 55 heavy (non-hydrogen) atoms. The highest BCUT2D eigenvalue weighted by Crippen LogP contribution is 2.15. The molecule has 0 aliphatic heterocycles. The van der Waals surface area contributed by atoms with Gasteiger partial charge < -0.3 is 45.1 Å². The van der Waals surface area contributed by atoms with Gasteiger partial charge >= 0.3 is 11.9 Å². The van der Waals surface area contributed by atoms with Gasteiger partial charge in [-0.2, -0.15) is 0 Å². The lowest BCUT2D eigenvalue weighted by atomic mass is 10.0. The minimum atomic E-state index is -1.17. The molecule has 0 fully saturated rings. The predicted octanol–water partition coefficient (Wildman–Crippen LogP) is 5.11. The summed E-state index contributed by atoms with van der Waals surface area (Å²) < 4.78 is 21.0. The molecule has 0 aromatic rings. The summed E-state index contributed by atoms with van der Waals surface area (Å²) in [6.45, 7) is 3.49. The Balaban J connectivity index is 3.62. The third-order valence-electron chi connectivity index (χ3n) is 8.76. The van der Waals surface area contributed by atoms with Gasteiger partial charge in [0, 0.05) is 32.4 Å².